The lowest BCUT2D eigenvalue weighted by molar-refractivity contribution is -0.148. The van der Waals surface area contributed by atoms with Crippen LogP contribution in [0.25, 0.3) is 0 Å². The molecule has 2 fully saturated rings. The molecule has 1 aromatic rings. The summed E-state index contributed by atoms with van der Waals surface area (Å²) in [6.07, 6.45) is 5.32. The Balaban J connectivity index is 1.46. The van der Waals surface area contributed by atoms with E-state index in [1.54, 1.807) is 29.2 Å². The summed E-state index contributed by atoms with van der Waals surface area (Å²) in [5.74, 6) is 1.12. The summed E-state index contributed by atoms with van der Waals surface area (Å²) in [5.41, 5.74) is 1.04. The first-order valence-corrected chi connectivity index (χ1v) is 10.3. The number of nitrogens with zero attached hydrogens (tertiary/aromatic N) is 1. The lowest BCUT2D eigenvalue weighted by Gasteiger charge is -2.20. The number of nitrogens with one attached hydrogen (secondary N) is 1. The van der Waals surface area contributed by atoms with E-state index >= 15 is 0 Å². The van der Waals surface area contributed by atoms with Crippen molar-refractivity contribution in [3.63, 3.8) is 0 Å². The van der Waals surface area contributed by atoms with Gasteiger partial charge < -0.3 is 15.0 Å². The largest absolute Gasteiger partial charge is 0.456 e. The summed E-state index contributed by atoms with van der Waals surface area (Å²) in [5, 5.41) is 2.70. The Kier molecular flexibility index (Phi) is 6.70. The van der Waals surface area contributed by atoms with Crippen LogP contribution in [-0.4, -0.2) is 42.4 Å². The van der Waals surface area contributed by atoms with Gasteiger partial charge in [0.25, 0.3) is 11.8 Å². The molecule has 2 bridgehead atoms. The zero-order valence-electron chi connectivity index (χ0n) is 16.8. The Morgan fingerprint density at radius 3 is 2.57 bits per heavy atom. The third-order valence-corrected chi connectivity index (χ3v) is 6.12. The predicted molar refractivity (Wildman–Crippen MR) is 107 cm³/mol. The second-order valence-corrected chi connectivity index (χ2v) is 7.91. The molecule has 0 heterocycles. The van der Waals surface area contributed by atoms with E-state index < -0.39 is 5.91 Å². The summed E-state index contributed by atoms with van der Waals surface area (Å²) in [4.78, 5) is 38.3. The zero-order chi connectivity index (χ0) is 20.1. The predicted octanol–water partition coefficient (Wildman–Crippen LogP) is 3.48. The van der Waals surface area contributed by atoms with E-state index in [2.05, 4.69) is 5.32 Å². The highest BCUT2D eigenvalue weighted by Crippen LogP contribution is 2.49. The van der Waals surface area contributed by atoms with Gasteiger partial charge in [0.2, 0.25) is 0 Å². The third-order valence-electron chi connectivity index (χ3n) is 6.12. The number of anilines is 1. The van der Waals surface area contributed by atoms with Crippen LogP contribution < -0.4 is 5.32 Å². The average Bonchev–Trinajstić information content (AvgIpc) is 3.30. The van der Waals surface area contributed by atoms with Crippen LogP contribution in [0.4, 0.5) is 5.69 Å². The molecule has 2 saturated carbocycles. The lowest BCUT2D eigenvalue weighted by Crippen LogP contribution is -2.30. The highest BCUT2D eigenvalue weighted by molar-refractivity contribution is 5.97. The molecule has 1 N–H and O–H groups in total. The van der Waals surface area contributed by atoms with Crippen LogP contribution in [0.15, 0.2) is 24.3 Å². The first-order valence-electron chi connectivity index (χ1n) is 10.3. The second-order valence-electron chi connectivity index (χ2n) is 7.91. The summed E-state index contributed by atoms with van der Waals surface area (Å²) < 4.78 is 5.17. The van der Waals surface area contributed by atoms with Gasteiger partial charge in [0.1, 0.15) is 0 Å². The maximum atomic E-state index is 12.4. The maximum absolute atomic E-state index is 12.4. The summed E-state index contributed by atoms with van der Waals surface area (Å²) in [6, 6.07) is 6.82. The molecule has 0 aromatic heterocycles. The van der Waals surface area contributed by atoms with Crippen molar-refractivity contribution in [1.29, 1.82) is 0 Å². The van der Waals surface area contributed by atoms with Crippen molar-refractivity contribution in [2.45, 2.75) is 46.0 Å². The van der Waals surface area contributed by atoms with Crippen LogP contribution >= 0.6 is 0 Å². The highest BCUT2D eigenvalue weighted by atomic mass is 16.5. The van der Waals surface area contributed by atoms with Gasteiger partial charge in [-0.15, -0.1) is 0 Å². The van der Waals surface area contributed by atoms with E-state index in [1.165, 1.54) is 19.3 Å². The number of fused-ring (bicyclic) bond motifs is 2. The molecule has 0 aliphatic heterocycles. The van der Waals surface area contributed by atoms with Gasteiger partial charge in [-0.25, -0.2) is 0 Å². The van der Waals surface area contributed by atoms with Crippen molar-refractivity contribution in [2.24, 2.45) is 17.8 Å². The molecule has 0 unspecified atom stereocenters. The minimum absolute atomic E-state index is 0.0709. The quantitative estimate of drug-likeness (QED) is 0.694. The number of esters is 1. The van der Waals surface area contributed by atoms with Gasteiger partial charge in [0, 0.05) is 30.8 Å². The first kappa shape index (κ1) is 20.4. The van der Waals surface area contributed by atoms with Crippen LogP contribution in [0.1, 0.15) is 56.3 Å². The molecule has 0 radical (unpaired) electrons. The Hall–Kier alpha value is -2.37. The maximum Gasteiger partial charge on any atom is 0.306 e. The number of rotatable bonds is 8. The van der Waals surface area contributed by atoms with Gasteiger partial charge >= 0.3 is 5.97 Å². The second kappa shape index (κ2) is 9.22. The zero-order valence-corrected chi connectivity index (χ0v) is 16.8. The Morgan fingerprint density at radius 2 is 1.93 bits per heavy atom. The molecule has 0 saturated heterocycles. The molecular weight excluding hydrogens is 356 g/mol. The van der Waals surface area contributed by atoms with Crippen molar-refractivity contribution in [1.82, 2.24) is 4.90 Å². The van der Waals surface area contributed by atoms with Crippen LogP contribution in [0, 0.1) is 17.8 Å². The molecule has 3 rings (SSSR count). The van der Waals surface area contributed by atoms with Gasteiger partial charge in [-0.1, -0.05) is 12.5 Å². The molecule has 28 heavy (non-hydrogen) atoms. The smallest absolute Gasteiger partial charge is 0.306 e. The highest BCUT2D eigenvalue weighted by Gasteiger charge is 2.40. The number of carbonyl (C=O) groups is 3. The normalized spacial score (nSPS) is 22.7. The molecule has 1 aromatic carbocycles. The molecule has 3 atom stereocenters. The van der Waals surface area contributed by atoms with Crippen molar-refractivity contribution >= 4 is 23.5 Å². The van der Waals surface area contributed by atoms with Crippen LogP contribution in [0.2, 0.25) is 0 Å². The van der Waals surface area contributed by atoms with Crippen molar-refractivity contribution in [3.05, 3.63) is 29.8 Å². The van der Waals surface area contributed by atoms with Crippen LogP contribution in [0.3, 0.4) is 0 Å². The summed E-state index contributed by atoms with van der Waals surface area (Å²) in [7, 11) is 0. The van der Waals surface area contributed by atoms with E-state index in [-0.39, 0.29) is 18.5 Å². The van der Waals surface area contributed by atoms with Gasteiger partial charge in [-0.05, 0) is 69.1 Å². The van der Waals surface area contributed by atoms with Crippen LogP contribution in [-0.2, 0) is 14.3 Å². The monoisotopic (exact) mass is 386 g/mol. The number of ether oxygens (including phenoxy) is 1. The molecular formula is C22H30N2O4. The number of benzene rings is 1. The Labute approximate surface area is 166 Å². The standard InChI is InChI=1S/C22H30N2O4/c1-3-24(4-2)22(27)17-6-5-7-19(12-17)23-20(25)14-28-21(26)13-18-11-15-8-9-16(18)10-15/h5-7,12,15-16,18H,3-4,8-11,13-14H2,1-2H3,(H,23,25)/t15-,16-,18+/m1/s1. The van der Waals surface area contributed by atoms with Gasteiger partial charge in [0.15, 0.2) is 6.61 Å². The molecule has 2 aliphatic rings. The minimum Gasteiger partial charge on any atom is -0.456 e. The number of amides is 2. The van der Waals surface area contributed by atoms with Crippen molar-refractivity contribution in [3.8, 4) is 0 Å². The van der Waals surface area contributed by atoms with E-state index in [0.717, 1.165) is 12.3 Å². The van der Waals surface area contributed by atoms with E-state index in [4.69, 9.17) is 4.74 Å². The fraction of sp³-hybridized carbons (Fsp3) is 0.591. The number of carbonyl (C=O) groups excluding carboxylic acids is 3. The van der Waals surface area contributed by atoms with Crippen LogP contribution in [0.5, 0.6) is 0 Å². The Morgan fingerprint density at radius 1 is 1.14 bits per heavy atom. The first-order chi connectivity index (χ1) is 13.5. The average molecular weight is 386 g/mol. The minimum atomic E-state index is -0.395. The summed E-state index contributed by atoms with van der Waals surface area (Å²) >= 11 is 0. The third kappa shape index (κ3) is 4.91. The summed E-state index contributed by atoms with van der Waals surface area (Å²) in [6.45, 7) is 4.82. The van der Waals surface area contributed by atoms with Gasteiger partial charge in [-0.3, -0.25) is 14.4 Å². The van der Waals surface area contributed by atoms with E-state index in [9.17, 15) is 14.4 Å². The van der Waals surface area contributed by atoms with Crippen molar-refractivity contribution in [2.75, 3.05) is 25.0 Å². The topological polar surface area (TPSA) is 75.7 Å². The SMILES string of the molecule is CCN(CC)C(=O)c1cccc(NC(=O)COC(=O)C[C@@H]2C[C@@H]3CC[C@@H]2C3)c1. The molecule has 2 amide bonds. The van der Waals surface area contributed by atoms with Gasteiger partial charge in [-0.2, -0.15) is 0 Å². The van der Waals surface area contributed by atoms with E-state index in [1.807, 2.05) is 13.8 Å². The van der Waals surface area contributed by atoms with E-state index in [0.29, 0.717) is 42.6 Å². The molecule has 2 aliphatic carbocycles. The Bertz CT molecular complexity index is 729. The number of hydrogen-bond donors (Lipinski definition) is 1. The molecule has 6 heteroatoms. The molecule has 152 valence electrons. The molecule has 0 spiro atoms. The molecule has 6 nitrogen and oxygen atoms in total. The lowest BCUT2D eigenvalue weighted by atomic mass is 9.86. The van der Waals surface area contributed by atoms with Gasteiger partial charge in [0.05, 0.1) is 0 Å². The fourth-order valence-corrected chi connectivity index (χ4v) is 4.67. The number of hydrogen-bond acceptors (Lipinski definition) is 4. The van der Waals surface area contributed by atoms with Crippen molar-refractivity contribution < 1.29 is 19.1 Å². The fourth-order valence-electron chi connectivity index (χ4n) is 4.67.